The lowest BCUT2D eigenvalue weighted by atomic mass is 9.89. The average Bonchev–Trinajstić information content (AvgIpc) is 2.46. The van der Waals surface area contributed by atoms with Crippen LogP contribution in [0, 0.1) is 6.92 Å². The fraction of sp³-hybridized carbons (Fsp3) is 0.235. The zero-order valence-corrected chi connectivity index (χ0v) is 11.4. The fourth-order valence-corrected chi connectivity index (χ4v) is 2.88. The molecule has 3 heteroatoms. The van der Waals surface area contributed by atoms with Crippen LogP contribution in [-0.2, 0) is 13.0 Å². The first kappa shape index (κ1) is 12.9. The molecule has 0 spiro atoms. The van der Waals surface area contributed by atoms with Crippen molar-refractivity contribution in [1.82, 2.24) is 5.32 Å². The number of hydrogen-bond donors (Lipinski definition) is 2. The van der Waals surface area contributed by atoms with Crippen LogP contribution in [0.1, 0.15) is 27.0 Å². The van der Waals surface area contributed by atoms with E-state index in [9.17, 15) is 4.79 Å². The molecule has 102 valence electrons. The molecule has 0 saturated carbocycles. The Kier molecular flexibility index (Phi) is 3.28. The number of benzene rings is 2. The SMILES string of the molecule is Cc1cc(C(=O)O)ccc1-c1cccc2c1CCNC2. The lowest BCUT2D eigenvalue weighted by molar-refractivity contribution is 0.0697. The Hall–Kier alpha value is -2.13. The minimum Gasteiger partial charge on any atom is -0.478 e. The molecule has 20 heavy (non-hydrogen) atoms. The van der Waals surface area contributed by atoms with Crippen molar-refractivity contribution in [2.24, 2.45) is 0 Å². The molecule has 0 aliphatic carbocycles. The van der Waals surface area contributed by atoms with E-state index in [1.165, 1.54) is 16.7 Å². The maximum Gasteiger partial charge on any atom is 0.335 e. The number of aromatic carboxylic acids is 1. The quantitative estimate of drug-likeness (QED) is 0.879. The summed E-state index contributed by atoms with van der Waals surface area (Å²) < 4.78 is 0. The lowest BCUT2D eigenvalue weighted by Crippen LogP contribution is -2.24. The van der Waals surface area contributed by atoms with Crippen LogP contribution in [0.15, 0.2) is 36.4 Å². The van der Waals surface area contributed by atoms with Gasteiger partial charge in [-0.1, -0.05) is 24.3 Å². The highest BCUT2D eigenvalue weighted by molar-refractivity contribution is 5.89. The van der Waals surface area contributed by atoms with Gasteiger partial charge in [0.25, 0.3) is 0 Å². The van der Waals surface area contributed by atoms with Crippen LogP contribution in [-0.4, -0.2) is 17.6 Å². The van der Waals surface area contributed by atoms with E-state index in [-0.39, 0.29) is 0 Å². The van der Waals surface area contributed by atoms with Gasteiger partial charge in [-0.3, -0.25) is 0 Å². The third kappa shape index (κ3) is 2.21. The van der Waals surface area contributed by atoms with E-state index in [1.807, 2.05) is 13.0 Å². The minimum absolute atomic E-state index is 0.345. The molecule has 3 nitrogen and oxygen atoms in total. The van der Waals surface area contributed by atoms with Crippen LogP contribution >= 0.6 is 0 Å². The Morgan fingerprint density at radius 2 is 2.05 bits per heavy atom. The molecule has 0 fully saturated rings. The van der Waals surface area contributed by atoms with Gasteiger partial charge >= 0.3 is 5.97 Å². The number of carboxylic acids is 1. The normalized spacial score (nSPS) is 13.8. The molecule has 0 bridgehead atoms. The smallest absolute Gasteiger partial charge is 0.335 e. The molecule has 0 aromatic heterocycles. The van der Waals surface area contributed by atoms with E-state index in [4.69, 9.17) is 5.11 Å². The monoisotopic (exact) mass is 267 g/mol. The van der Waals surface area contributed by atoms with Crippen molar-refractivity contribution in [2.75, 3.05) is 6.54 Å². The second kappa shape index (κ2) is 5.10. The predicted molar refractivity (Wildman–Crippen MR) is 79.0 cm³/mol. The van der Waals surface area contributed by atoms with E-state index >= 15 is 0 Å². The van der Waals surface area contributed by atoms with Gasteiger partial charge in [-0.2, -0.15) is 0 Å². The molecule has 2 aromatic carbocycles. The first-order chi connectivity index (χ1) is 9.66. The molecule has 0 amide bonds. The van der Waals surface area contributed by atoms with E-state index in [1.54, 1.807) is 12.1 Å². The lowest BCUT2D eigenvalue weighted by Gasteiger charge is -2.21. The Morgan fingerprint density at radius 3 is 2.80 bits per heavy atom. The standard InChI is InChI=1S/C17H17NO2/c1-11-9-12(17(19)20)5-6-14(11)16-4-2-3-13-10-18-8-7-15(13)16/h2-6,9,18H,7-8,10H2,1H3,(H,19,20). The summed E-state index contributed by atoms with van der Waals surface area (Å²) in [5.74, 6) is -0.876. The fourth-order valence-electron chi connectivity index (χ4n) is 2.88. The highest BCUT2D eigenvalue weighted by Gasteiger charge is 2.15. The number of nitrogens with one attached hydrogen (secondary N) is 1. The first-order valence-electron chi connectivity index (χ1n) is 6.82. The van der Waals surface area contributed by atoms with E-state index < -0.39 is 5.97 Å². The minimum atomic E-state index is -0.876. The third-order valence-electron chi connectivity index (χ3n) is 3.90. The van der Waals surface area contributed by atoms with Crippen LogP contribution < -0.4 is 5.32 Å². The number of aryl methyl sites for hydroxylation is 1. The molecule has 0 radical (unpaired) electrons. The molecule has 0 atom stereocenters. The van der Waals surface area contributed by atoms with Crippen molar-refractivity contribution in [2.45, 2.75) is 19.9 Å². The van der Waals surface area contributed by atoms with Crippen molar-refractivity contribution in [3.8, 4) is 11.1 Å². The van der Waals surface area contributed by atoms with Crippen molar-refractivity contribution in [3.63, 3.8) is 0 Å². The van der Waals surface area contributed by atoms with E-state index in [0.717, 1.165) is 30.6 Å². The van der Waals surface area contributed by atoms with Crippen molar-refractivity contribution >= 4 is 5.97 Å². The Labute approximate surface area is 118 Å². The molecule has 0 saturated heterocycles. The third-order valence-corrected chi connectivity index (χ3v) is 3.90. The molecular weight excluding hydrogens is 250 g/mol. The second-order valence-corrected chi connectivity index (χ2v) is 5.20. The molecule has 2 aromatic rings. The summed E-state index contributed by atoms with van der Waals surface area (Å²) in [6.07, 6.45) is 1.02. The van der Waals surface area contributed by atoms with Gasteiger partial charge in [0.05, 0.1) is 5.56 Å². The highest BCUT2D eigenvalue weighted by Crippen LogP contribution is 2.31. The van der Waals surface area contributed by atoms with Crippen molar-refractivity contribution in [3.05, 3.63) is 58.7 Å². The molecule has 3 rings (SSSR count). The molecular formula is C17H17NO2. The van der Waals surface area contributed by atoms with Gasteiger partial charge in [-0.05, 0) is 59.8 Å². The number of carbonyl (C=O) groups is 1. The average molecular weight is 267 g/mol. The summed E-state index contributed by atoms with van der Waals surface area (Å²) in [7, 11) is 0. The van der Waals surface area contributed by atoms with E-state index in [0.29, 0.717) is 5.56 Å². The van der Waals surface area contributed by atoms with Crippen LogP contribution in [0.4, 0.5) is 0 Å². The van der Waals surface area contributed by atoms with Gasteiger partial charge in [0.15, 0.2) is 0 Å². The number of fused-ring (bicyclic) bond motifs is 1. The largest absolute Gasteiger partial charge is 0.478 e. The zero-order chi connectivity index (χ0) is 14.1. The van der Waals surface area contributed by atoms with Gasteiger partial charge in [-0.15, -0.1) is 0 Å². The maximum atomic E-state index is 11.0. The summed E-state index contributed by atoms with van der Waals surface area (Å²) >= 11 is 0. The molecule has 0 unspecified atom stereocenters. The summed E-state index contributed by atoms with van der Waals surface area (Å²) in [5, 5.41) is 12.4. The Balaban J connectivity index is 2.12. The molecule has 1 aliphatic heterocycles. The first-order valence-corrected chi connectivity index (χ1v) is 6.82. The van der Waals surface area contributed by atoms with Gasteiger partial charge in [0, 0.05) is 6.54 Å². The van der Waals surface area contributed by atoms with Gasteiger partial charge in [0.1, 0.15) is 0 Å². The topological polar surface area (TPSA) is 49.3 Å². The number of hydrogen-bond acceptors (Lipinski definition) is 2. The predicted octanol–water partition coefficient (Wildman–Crippen LogP) is 3.01. The summed E-state index contributed by atoms with van der Waals surface area (Å²) in [6.45, 7) is 3.88. The van der Waals surface area contributed by atoms with Crippen LogP contribution in [0.3, 0.4) is 0 Å². The molecule has 2 N–H and O–H groups in total. The van der Waals surface area contributed by atoms with Crippen molar-refractivity contribution in [1.29, 1.82) is 0 Å². The van der Waals surface area contributed by atoms with E-state index in [2.05, 4.69) is 23.5 Å². The molecule has 1 heterocycles. The zero-order valence-electron chi connectivity index (χ0n) is 11.4. The van der Waals surface area contributed by atoms with Gasteiger partial charge in [-0.25, -0.2) is 4.79 Å². The summed E-state index contributed by atoms with van der Waals surface area (Å²) in [4.78, 5) is 11.0. The second-order valence-electron chi connectivity index (χ2n) is 5.20. The molecule has 1 aliphatic rings. The van der Waals surface area contributed by atoms with Gasteiger partial charge in [0.2, 0.25) is 0 Å². The summed E-state index contributed by atoms with van der Waals surface area (Å²) in [5.41, 5.74) is 6.45. The number of rotatable bonds is 2. The Morgan fingerprint density at radius 1 is 1.20 bits per heavy atom. The van der Waals surface area contributed by atoms with Crippen LogP contribution in [0.2, 0.25) is 0 Å². The maximum absolute atomic E-state index is 11.0. The van der Waals surface area contributed by atoms with Crippen LogP contribution in [0.25, 0.3) is 11.1 Å². The highest BCUT2D eigenvalue weighted by atomic mass is 16.4. The van der Waals surface area contributed by atoms with Crippen molar-refractivity contribution < 1.29 is 9.90 Å². The van der Waals surface area contributed by atoms with Crippen LogP contribution in [0.5, 0.6) is 0 Å². The summed E-state index contributed by atoms with van der Waals surface area (Å²) in [6, 6.07) is 11.7. The number of carboxylic acid groups (broad SMARTS) is 1. The van der Waals surface area contributed by atoms with Gasteiger partial charge < -0.3 is 10.4 Å². The Bertz CT molecular complexity index is 677.